The molecule has 2 aromatic carbocycles. The number of rotatable bonds is 5. The smallest absolute Gasteiger partial charge is 0.262 e. The molecule has 6 heteroatoms. The van der Waals surface area contributed by atoms with Crippen molar-refractivity contribution in [1.82, 2.24) is 9.97 Å². The van der Waals surface area contributed by atoms with E-state index < -0.39 is 0 Å². The molecule has 0 aliphatic heterocycles. The minimum absolute atomic E-state index is 0.0501. The molecular formula is C23H21N3O3. The van der Waals surface area contributed by atoms with Gasteiger partial charge in [0.1, 0.15) is 22.9 Å². The summed E-state index contributed by atoms with van der Waals surface area (Å²) in [4.78, 5) is 19.5. The van der Waals surface area contributed by atoms with Crippen LogP contribution in [0.15, 0.2) is 59.3 Å². The summed E-state index contributed by atoms with van der Waals surface area (Å²) in [6, 6.07) is 13.3. The van der Waals surface area contributed by atoms with Crippen molar-refractivity contribution >= 4 is 22.6 Å². The van der Waals surface area contributed by atoms with Gasteiger partial charge in [-0.05, 0) is 61.7 Å². The van der Waals surface area contributed by atoms with Gasteiger partial charge in [-0.2, -0.15) is 0 Å². The second-order valence-corrected chi connectivity index (χ2v) is 7.22. The third-order valence-corrected chi connectivity index (χ3v) is 5.24. The van der Waals surface area contributed by atoms with Crippen molar-refractivity contribution in [2.75, 3.05) is 11.9 Å². The summed E-state index contributed by atoms with van der Waals surface area (Å²) in [5, 5.41) is 3.96. The van der Waals surface area contributed by atoms with Gasteiger partial charge in [0.2, 0.25) is 0 Å². The Kier molecular flexibility index (Phi) is 4.52. The summed E-state index contributed by atoms with van der Waals surface area (Å²) < 4.78 is 11.7. The fourth-order valence-corrected chi connectivity index (χ4v) is 3.81. The number of aryl methyl sites for hydroxylation is 2. The van der Waals surface area contributed by atoms with Gasteiger partial charge in [0.05, 0.1) is 0 Å². The van der Waals surface area contributed by atoms with Gasteiger partial charge in [-0.15, -0.1) is 0 Å². The molecule has 2 N–H and O–H groups in total. The predicted octanol–water partition coefficient (Wildman–Crippen LogP) is 4.72. The van der Waals surface area contributed by atoms with Crippen LogP contribution >= 0.6 is 0 Å². The first kappa shape index (κ1) is 17.6. The maximum absolute atomic E-state index is 12.3. The molecule has 1 aliphatic rings. The van der Waals surface area contributed by atoms with Gasteiger partial charge in [-0.25, -0.2) is 4.98 Å². The lowest BCUT2D eigenvalue weighted by molar-refractivity contribution is -0.118. The van der Waals surface area contributed by atoms with E-state index in [1.165, 1.54) is 18.4 Å². The number of aromatic amines is 1. The number of carbonyl (C=O) groups excluding carboxylic acids is 1. The maximum Gasteiger partial charge on any atom is 0.262 e. The van der Waals surface area contributed by atoms with Crippen molar-refractivity contribution in [3.05, 3.63) is 66.2 Å². The Labute approximate surface area is 167 Å². The molecule has 4 aromatic rings. The van der Waals surface area contributed by atoms with Gasteiger partial charge in [0, 0.05) is 41.0 Å². The molecule has 0 unspecified atom stereocenters. The lowest BCUT2D eigenvalue weighted by Gasteiger charge is -2.10. The van der Waals surface area contributed by atoms with Gasteiger partial charge < -0.3 is 19.5 Å². The molecule has 0 saturated heterocycles. The number of anilines is 1. The minimum atomic E-state index is -0.204. The van der Waals surface area contributed by atoms with Crippen LogP contribution in [0.1, 0.15) is 24.2 Å². The van der Waals surface area contributed by atoms with Crippen LogP contribution in [0.2, 0.25) is 0 Å². The van der Waals surface area contributed by atoms with E-state index in [9.17, 15) is 4.79 Å². The third-order valence-electron chi connectivity index (χ3n) is 5.24. The number of hydrogen-bond acceptors (Lipinski definition) is 4. The number of hydrogen-bond donors (Lipinski definition) is 2. The highest BCUT2D eigenvalue weighted by atomic mass is 16.5. The van der Waals surface area contributed by atoms with Crippen molar-refractivity contribution < 1.29 is 13.9 Å². The number of ether oxygens (including phenoxy) is 1. The standard InChI is InChI=1S/C23H21N3O3/c27-22(26-16-7-5-15(6-8-16)23-24-11-12-25-23)14-28-17-9-10-21-19(13-17)18-3-1-2-4-20(18)29-21/h5-13H,1-4,14H2,(H,24,25)(H,26,27). The number of amides is 1. The molecule has 0 bridgehead atoms. The number of furan rings is 1. The zero-order valence-electron chi connectivity index (χ0n) is 15.9. The number of H-pyrrole nitrogens is 1. The Hall–Kier alpha value is -3.54. The fourth-order valence-electron chi connectivity index (χ4n) is 3.81. The Morgan fingerprint density at radius 3 is 2.83 bits per heavy atom. The van der Waals surface area contributed by atoms with Crippen LogP contribution in [0.4, 0.5) is 5.69 Å². The number of nitrogens with zero attached hydrogens (tertiary/aromatic N) is 1. The Balaban J connectivity index is 1.22. The predicted molar refractivity (Wildman–Crippen MR) is 111 cm³/mol. The molecule has 0 saturated carbocycles. The van der Waals surface area contributed by atoms with Crippen LogP contribution in [-0.4, -0.2) is 22.5 Å². The summed E-state index contributed by atoms with van der Waals surface area (Å²) in [5.74, 6) is 2.36. The monoisotopic (exact) mass is 387 g/mol. The summed E-state index contributed by atoms with van der Waals surface area (Å²) >= 11 is 0. The first-order chi connectivity index (χ1) is 14.3. The third kappa shape index (κ3) is 3.61. The highest BCUT2D eigenvalue weighted by Crippen LogP contribution is 2.33. The van der Waals surface area contributed by atoms with Gasteiger partial charge in [-0.1, -0.05) is 0 Å². The summed E-state index contributed by atoms with van der Waals surface area (Å²) in [5.41, 5.74) is 3.86. The van der Waals surface area contributed by atoms with Crippen LogP contribution in [0.25, 0.3) is 22.4 Å². The molecule has 0 spiro atoms. The van der Waals surface area contributed by atoms with E-state index >= 15 is 0 Å². The van der Waals surface area contributed by atoms with Crippen molar-refractivity contribution in [3.8, 4) is 17.1 Å². The molecule has 146 valence electrons. The van der Waals surface area contributed by atoms with Gasteiger partial charge in [0.25, 0.3) is 5.91 Å². The van der Waals surface area contributed by atoms with Gasteiger partial charge >= 0.3 is 0 Å². The lowest BCUT2D eigenvalue weighted by Crippen LogP contribution is -2.20. The molecule has 0 fully saturated rings. The fraction of sp³-hybridized carbons (Fsp3) is 0.217. The second kappa shape index (κ2) is 7.47. The number of aromatic nitrogens is 2. The number of imidazole rings is 1. The number of benzene rings is 2. The van der Waals surface area contributed by atoms with Crippen LogP contribution in [0.3, 0.4) is 0 Å². The average molecular weight is 387 g/mol. The maximum atomic E-state index is 12.3. The van der Waals surface area contributed by atoms with E-state index in [-0.39, 0.29) is 12.5 Å². The van der Waals surface area contributed by atoms with E-state index in [2.05, 4.69) is 15.3 Å². The van der Waals surface area contributed by atoms with Crippen LogP contribution in [0, 0.1) is 0 Å². The Bertz CT molecular complexity index is 1140. The first-order valence-corrected chi connectivity index (χ1v) is 9.83. The van der Waals surface area contributed by atoms with E-state index in [1.807, 2.05) is 42.5 Å². The van der Waals surface area contributed by atoms with Crippen LogP contribution < -0.4 is 10.1 Å². The summed E-state index contributed by atoms with van der Waals surface area (Å²) in [6.07, 6.45) is 7.90. The van der Waals surface area contributed by atoms with Crippen LogP contribution in [-0.2, 0) is 17.6 Å². The van der Waals surface area contributed by atoms with Crippen molar-refractivity contribution in [1.29, 1.82) is 0 Å². The quantitative estimate of drug-likeness (QED) is 0.519. The first-order valence-electron chi connectivity index (χ1n) is 9.83. The van der Waals surface area contributed by atoms with E-state index in [1.54, 1.807) is 12.4 Å². The Morgan fingerprint density at radius 2 is 2.00 bits per heavy atom. The SMILES string of the molecule is O=C(COc1ccc2oc3c(c2c1)CCCC3)Nc1ccc(-c2ncc[nH]2)cc1. The molecule has 5 rings (SSSR count). The van der Waals surface area contributed by atoms with Gasteiger partial charge in [0.15, 0.2) is 6.61 Å². The molecule has 0 atom stereocenters. The lowest BCUT2D eigenvalue weighted by atomic mass is 9.96. The number of fused-ring (bicyclic) bond motifs is 3. The molecule has 1 amide bonds. The van der Waals surface area contributed by atoms with Crippen molar-refractivity contribution in [2.45, 2.75) is 25.7 Å². The largest absolute Gasteiger partial charge is 0.484 e. The number of carbonyl (C=O) groups is 1. The normalized spacial score (nSPS) is 13.2. The number of nitrogens with one attached hydrogen (secondary N) is 2. The second-order valence-electron chi connectivity index (χ2n) is 7.22. The molecule has 6 nitrogen and oxygen atoms in total. The Morgan fingerprint density at radius 1 is 1.14 bits per heavy atom. The molecule has 1 aliphatic carbocycles. The van der Waals surface area contributed by atoms with Crippen molar-refractivity contribution in [3.63, 3.8) is 0 Å². The average Bonchev–Trinajstić information content (AvgIpc) is 3.41. The van der Waals surface area contributed by atoms with Crippen LogP contribution in [0.5, 0.6) is 5.75 Å². The minimum Gasteiger partial charge on any atom is -0.484 e. The highest BCUT2D eigenvalue weighted by molar-refractivity contribution is 5.92. The molecular weight excluding hydrogens is 366 g/mol. The summed E-state index contributed by atoms with van der Waals surface area (Å²) in [6.45, 7) is -0.0501. The zero-order valence-corrected chi connectivity index (χ0v) is 15.9. The topological polar surface area (TPSA) is 80.2 Å². The van der Waals surface area contributed by atoms with E-state index in [4.69, 9.17) is 9.15 Å². The van der Waals surface area contributed by atoms with E-state index in [0.29, 0.717) is 11.4 Å². The molecule has 2 aromatic heterocycles. The molecule has 2 heterocycles. The molecule has 29 heavy (non-hydrogen) atoms. The zero-order chi connectivity index (χ0) is 19.6. The highest BCUT2D eigenvalue weighted by Gasteiger charge is 2.18. The van der Waals surface area contributed by atoms with Crippen molar-refractivity contribution in [2.24, 2.45) is 0 Å². The van der Waals surface area contributed by atoms with Gasteiger partial charge in [-0.3, -0.25) is 4.79 Å². The van der Waals surface area contributed by atoms with E-state index in [0.717, 1.165) is 41.0 Å². The molecule has 0 radical (unpaired) electrons. The summed E-state index contributed by atoms with van der Waals surface area (Å²) in [7, 11) is 0.